The van der Waals surface area contributed by atoms with E-state index in [0.717, 1.165) is 18.8 Å². The number of nitrogens with zero attached hydrogens (tertiary/aromatic N) is 1. The molecule has 3 nitrogen and oxygen atoms in total. The van der Waals surface area contributed by atoms with Crippen molar-refractivity contribution in [3.63, 3.8) is 0 Å². The first-order chi connectivity index (χ1) is 8.35. The Morgan fingerprint density at radius 3 is 2.88 bits per heavy atom. The van der Waals surface area contributed by atoms with Crippen molar-refractivity contribution in [2.24, 2.45) is 0 Å². The first kappa shape index (κ1) is 12.0. The van der Waals surface area contributed by atoms with Crippen LogP contribution < -0.4 is 10.1 Å². The molecule has 0 fully saturated rings. The highest BCUT2D eigenvalue weighted by Gasteiger charge is 2.01. The molecule has 2 rings (SSSR count). The van der Waals surface area contributed by atoms with Crippen molar-refractivity contribution >= 4 is 10.9 Å². The summed E-state index contributed by atoms with van der Waals surface area (Å²) in [6.07, 6.45) is 4.58. The van der Waals surface area contributed by atoms with Crippen molar-refractivity contribution in [1.82, 2.24) is 9.88 Å². The van der Waals surface area contributed by atoms with E-state index >= 15 is 0 Å². The molecular weight excluding hydrogens is 212 g/mol. The van der Waals surface area contributed by atoms with Crippen molar-refractivity contribution in [3.8, 4) is 5.75 Å². The van der Waals surface area contributed by atoms with Gasteiger partial charge in [0.05, 0.1) is 7.11 Å². The topological polar surface area (TPSA) is 26.2 Å². The van der Waals surface area contributed by atoms with E-state index in [2.05, 4.69) is 34.3 Å². The molecule has 92 valence electrons. The standard InChI is InChI=1S/C14H20N2O/c1-15-8-3-4-9-16-10-7-12-11-13(17-2)5-6-14(12)16/h5-7,10-11,15H,3-4,8-9H2,1-2H3. The molecule has 3 heteroatoms. The van der Waals surface area contributed by atoms with E-state index in [-0.39, 0.29) is 0 Å². The van der Waals surface area contributed by atoms with Gasteiger partial charge < -0.3 is 14.6 Å². The van der Waals surface area contributed by atoms with E-state index in [1.807, 2.05) is 13.1 Å². The fourth-order valence-corrected chi connectivity index (χ4v) is 2.08. The lowest BCUT2D eigenvalue weighted by molar-refractivity contribution is 0.415. The third-order valence-corrected chi connectivity index (χ3v) is 3.05. The van der Waals surface area contributed by atoms with E-state index < -0.39 is 0 Å². The van der Waals surface area contributed by atoms with Gasteiger partial charge in [-0.3, -0.25) is 0 Å². The minimum atomic E-state index is 0.922. The Hall–Kier alpha value is -1.48. The molecule has 1 aromatic heterocycles. The van der Waals surface area contributed by atoms with Crippen LogP contribution in [0.15, 0.2) is 30.5 Å². The Morgan fingerprint density at radius 2 is 2.12 bits per heavy atom. The molecule has 0 amide bonds. The van der Waals surface area contributed by atoms with Gasteiger partial charge in [-0.05, 0) is 50.7 Å². The normalized spacial score (nSPS) is 10.9. The molecule has 0 aliphatic heterocycles. The molecule has 0 aliphatic carbocycles. The fraction of sp³-hybridized carbons (Fsp3) is 0.429. The number of fused-ring (bicyclic) bond motifs is 1. The summed E-state index contributed by atoms with van der Waals surface area (Å²) in [6.45, 7) is 2.17. The summed E-state index contributed by atoms with van der Waals surface area (Å²) < 4.78 is 7.54. The number of rotatable bonds is 6. The minimum absolute atomic E-state index is 0.922. The van der Waals surface area contributed by atoms with Gasteiger partial charge in [0.1, 0.15) is 5.75 Å². The number of hydrogen-bond donors (Lipinski definition) is 1. The number of methoxy groups -OCH3 is 1. The largest absolute Gasteiger partial charge is 0.497 e. The van der Waals surface area contributed by atoms with Gasteiger partial charge in [-0.15, -0.1) is 0 Å². The lowest BCUT2D eigenvalue weighted by atomic mass is 10.2. The Bertz CT molecular complexity index is 476. The first-order valence-corrected chi connectivity index (χ1v) is 6.12. The number of nitrogens with one attached hydrogen (secondary N) is 1. The van der Waals surface area contributed by atoms with Crippen LogP contribution in [-0.2, 0) is 6.54 Å². The smallest absolute Gasteiger partial charge is 0.119 e. The third kappa shape index (κ3) is 2.80. The predicted molar refractivity (Wildman–Crippen MR) is 71.7 cm³/mol. The average molecular weight is 232 g/mol. The average Bonchev–Trinajstić information content (AvgIpc) is 2.77. The molecule has 17 heavy (non-hydrogen) atoms. The van der Waals surface area contributed by atoms with Gasteiger partial charge in [0, 0.05) is 23.6 Å². The van der Waals surface area contributed by atoms with Gasteiger partial charge in [0.25, 0.3) is 0 Å². The molecule has 0 aliphatic rings. The highest BCUT2D eigenvalue weighted by molar-refractivity contribution is 5.81. The number of unbranched alkanes of at least 4 members (excludes halogenated alkanes) is 1. The van der Waals surface area contributed by atoms with Crippen LogP contribution in [0.3, 0.4) is 0 Å². The van der Waals surface area contributed by atoms with E-state index in [9.17, 15) is 0 Å². The van der Waals surface area contributed by atoms with Gasteiger partial charge in [-0.25, -0.2) is 0 Å². The lowest BCUT2D eigenvalue weighted by Crippen LogP contribution is -2.08. The Labute approximate surface area is 102 Å². The maximum absolute atomic E-state index is 5.23. The summed E-state index contributed by atoms with van der Waals surface area (Å²) in [5, 5.41) is 4.42. The molecule has 1 N–H and O–H groups in total. The Morgan fingerprint density at radius 1 is 1.24 bits per heavy atom. The molecule has 0 saturated carbocycles. The molecule has 0 spiro atoms. The van der Waals surface area contributed by atoms with Crippen molar-refractivity contribution in [2.45, 2.75) is 19.4 Å². The van der Waals surface area contributed by atoms with Gasteiger partial charge in [0.15, 0.2) is 0 Å². The van der Waals surface area contributed by atoms with E-state index in [4.69, 9.17) is 4.74 Å². The van der Waals surface area contributed by atoms with Crippen LogP contribution in [0.2, 0.25) is 0 Å². The Kier molecular flexibility index (Phi) is 4.04. The summed E-state index contributed by atoms with van der Waals surface area (Å²) in [5.41, 5.74) is 1.29. The van der Waals surface area contributed by atoms with Crippen LogP contribution in [0.5, 0.6) is 5.75 Å². The molecule has 0 atom stereocenters. The van der Waals surface area contributed by atoms with Gasteiger partial charge in [-0.2, -0.15) is 0 Å². The molecule has 0 unspecified atom stereocenters. The lowest BCUT2D eigenvalue weighted by Gasteiger charge is -2.06. The van der Waals surface area contributed by atoms with Crippen LogP contribution in [0.25, 0.3) is 10.9 Å². The highest BCUT2D eigenvalue weighted by atomic mass is 16.5. The van der Waals surface area contributed by atoms with Crippen LogP contribution in [0, 0.1) is 0 Å². The third-order valence-electron chi connectivity index (χ3n) is 3.05. The summed E-state index contributed by atoms with van der Waals surface area (Å²) in [4.78, 5) is 0. The van der Waals surface area contributed by atoms with E-state index in [1.165, 1.54) is 23.7 Å². The van der Waals surface area contributed by atoms with Gasteiger partial charge in [0.2, 0.25) is 0 Å². The fourth-order valence-electron chi connectivity index (χ4n) is 2.08. The van der Waals surface area contributed by atoms with Crippen molar-refractivity contribution in [2.75, 3.05) is 20.7 Å². The molecule has 1 heterocycles. The summed E-state index contributed by atoms with van der Waals surface area (Å²) in [7, 11) is 3.70. The number of ether oxygens (including phenoxy) is 1. The maximum atomic E-state index is 5.23. The van der Waals surface area contributed by atoms with Crippen LogP contribution in [0.1, 0.15) is 12.8 Å². The first-order valence-electron chi connectivity index (χ1n) is 6.12. The zero-order chi connectivity index (χ0) is 12.1. The molecular formula is C14H20N2O. The summed E-state index contributed by atoms with van der Waals surface area (Å²) in [5.74, 6) is 0.922. The second-order valence-corrected chi connectivity index (χ2v) is 4.24. The van der Waals surface area contributed by atoms with Crippen LogP contribution >= 0.6 is 0 Å². The van der Waals surface area contributed by atoms with Crippen molar-refractivity contribution in [1.29, 1.82) is 0 Å². The predicted octanol–water partition coefficient (Wildman–Crippen LogP) is 2.65. The maximum Gasteiger partial charge on any atom is 0.119 e. The quantitative estimate of drug-likeness (QED) is 0.775. The zero-order valence-electron chi connectivity index (χ0n) is 10.6. The molecule has 0 bridgehead atoms. The Balaban J connectivity index is 2.08. The number of aryl methyl sites for hydroxylation is 1. The summed E-state index contributed by atoms with van der Waals surface area (Å²) >= 11 is 0. The molecule has 1 aromatic carbocycles. The molecule has 0 saturated heterocycles. The van der Waals surface area contributed by atoms with Crippen LogP contribution in [-0.4, -0.2) is 25.3 Å². The van der Waals surface area contributed by atoms with Crippen molar-refractivity contribution < 1.29 is 4.74 Å². The number of hydrogen-bond acceptors (Lipinski definition) is 2. The SMILES string of the molecule is CNCCCCn1ccc2cc(OC)ccc21. The van der Waals surface area contributed by atoms with Crippen LogP contribution in [0.4, 0.5) is 0 Å². The second-order valence-electron chi connectivity index (χ2n) is 4.24. The zero-order valence-corrected chi connectivity index (χ0v) is 10.6. The molecule has 2 aromatic rings. The highest BCUT2D eigenvalue weighted by Crippen LogP contribution is 2.22. The molecule has 0 radical (unpaired) electrons. The van der Waals surface area contributed by atoms with Gasteiger partial charge >= 0.3 is 0 Å². The van der Waals surface area contributed by atoms with E-state index in [1.54, 1.807) is 7.11 Å². The monoisotopic (exact) mass is 232 g/mol. The second kappa shape index (κ2) is 5.73. The minimum Gasteiger partial charge on any atom is -0.497 e. The van der Waals surface area contributed by atoms with E-state index in [0.29, 0.717) is 0 Å². The van der Waals surface area contributed by atoms with Crippen molar-refractivity contribution in [3.05, 3.63) is 30.5 Å². The number of aromatic nitrogens is 1. The number of benzene rings is 1. The summed E-state index contributed by atoms with van der Waals surface area (Å²) in [6, 6.07) is 8.38. The van der Waals surface area contributed by atoms with Gasteiger partial charge in [-0.1, -0.05) is 0 Å².